The number of fused-ring (bicyclic) bond motifs is 1. The Bertz CT molecular complexity index is 1280. The number of pyridine rings is 2. The molecule has 1 N–H and O–H groups in total. The number of aromatic nitrogens is 4. The molecule has 0 saturated carbocycles. The van der Waals surface area contributed by atoms with Crippen molar-refractivity contribution in [3.8, 4) is 5.69 Å². The first-order valence-corrected chi connectivity index (χ1v) is 9.60. The molecular formula is C21H14Cl2N6. The van der Waals surface area contributed by atoms with E-state index in [1.165, 1.54) is 0 Å². The van der Waals surface area contributed by atoms with E-state index in [0.717, 1.165) is 33.7 Å². The molecule has 0 unspecified atom stereocenters. The summed E-state index contributed by atoms with van der Waals surface area (Å²) in [5.41, 5.74) is 7.79. The molecule has 0 spiro atoms. The summed E-state index contributed by atoms with van der Waals surface area (Å²) in [7, 11) is 0. The fourth-order valence-electron chi connectivity index (χ4n) is 3.25. The van der Waals surface area contributed by atoms with E-state index in [1.54, 1.807) is 24.7 Å². The number of benzene rings is 1. The van der Waals surface area contributed by atoms with E-state index in [0.29, 0.717) is 10.2 Å². The molecule has 1 aromatic carbocycles. The van der Waals surface area contributed by atoms with Crippen LogP contribution in [0.1, 0.15) is 5.69 Å². The Labute approximate surface area is 176 Å². The lowest BCUT2D eigenvalue weighted by atomic mass is 10.1. The minimum Gasteiger partial charge on any atom is -0.292 e. The molecular weight excluding hydrogens is 407 g/mol. The van der Waals surface area contributed by atoms with Crippen LogP contribution in [0.5, 0.6) is 0 Å². The lowest BCUT2D eigenvalue weighted by molar-refractivity contribution is 0.830. The van der Waals surface area contributed by atoms with Crippen LogP contribution in [0.4, 0.5) is 5.69 Å². The number of anilines is 1. The van der Waals surface area contributed by atoms with Crippen molar-refractivity contribution in [3.63, 3.8) is 0 Å². The number of rotatable bonds is 3. The number of hydrazine groups is 1. The number of nitrogens with one attached hydrogen (secondary N) is 1. The summed E-state index contributed by atoms with van der Waals surface area (Å²) in [4.78, 5) is 8.46. The van der Waals surface area contributed by atoms with E-state index >= 15 is 0 Å². The van der Waals surface area contributed by atoms with Gasteiger partial charge in [-0.1, -0.05) is 23.2 Å². The van der Waals surface area contributed by atoms with Gasteiger partial charge in [0, 0.05) is 35.1 Å². The summed E-state index contributed by atoms with van der Waals surface area (Å²) in [6.45, 7) is 0. The lowest BCUT2D eigenvalue weighted by Crippen LogP contribution is -2.34. The highest BCUT2D eigenvalue weighted by molar-refractivity contribution is 6.31. The van der Waals surface area contributed by atoms with Gasteiger partial charge >= 0.3 is 0 Å². The largest absolute Gasteiger partial charge is 0.292 e. The smallest absolute Gasteiger partial charge is 0.131 e. The first-order chi connectivity index (χ1) is 14.2. The van der Waals surface area contributed by atoms with E-state index in [-0.39, 0.29) is 0 Å². The molecule has 142 valence electrons. The van der Waals surface area contributed by atoms with Crippen LogP contribution < -0.4 is 10.4 Å². The Morgan fingerprint density at radius 2 is 1.79 bits per heavy atom. The number of halogens is 2. The van der Waals surface area contributed by atoms with E-state index < -0.39 is 0 Å². The third-order valence-corrected chi connectivity index (χ3v) is 5.00. The Morgan fingerprint density at radius 3 is 2.69 bits per heavy atom. The van der Waals surface area contributed by atoms with Gasteiger partial charge in [-0.2, -0.15) is 5.10 Å². The van der Waals surface area contributed by atoms with Gasteiger partial charge in [0.15, 0.2) is 0 Å². The molecule has 0 saturated heterocycles. The van der Waals surface area contributed by atoms with Crippen LogP contribution in [0.2, 0.25) is 10.2 Å². The molecule has 0 atom stereocenters. The number of hydrogen-bond donors (Lipinski definition) is 1. The first kappa shape index (κ1) is 17.7. The number of nitrogens with zero attached hydrogens (tertiary/aromatic N) is 5. The van der Waals surface area contributed by atoms with E-state index in [1.807, 2.05) is 64.4 Å². The summed E-state index contributed by atoms with van der Waals surface area (Å²) in [5, 5.41) is 8.43. The van der Waals surface area contributed by atoms with Gasteiger partial charge in [0.2, 0.25) is 0 Å². The van der Waals surface area contributed by atoms with E-state index in [4.69, 9.17) is 23.2 Å². The minimum absolute atomic E-state index is 0.430. The maximum atomic E-state index is 6.23. The first-order valence-electron chi connectivity index (χ1n) is 8.84. The Balaban J connectivity index is 1.56. The number of allylic oxidation sites excluding steroid dienone is 2. The fourth-order valence-corrected chi connectivity index (χ4v) is 3.59. The van der Waals surface area contributed by atoms with Crippen LogP contribution in [-0.4, -0.2) is 19.7 Å². The molecule has 3 aromatic heterocycles. The van der Waals surface area contributed by atoms with Crippen LogP contribution in [0, 0.1) is 0 Å². The van der Waals surface area contributed by atoms with Gasteiger partial charge in [0.05, 0.1) is 34.5 Å². The van der Waals surface area contributed by atoms with Gasteiger partial charge in [-0.15, -0.1) is 0 Å². The molecule has 0 aliphatic carbocycles. The van der Waals surface area contributed by atoms with Crippen LogP contribution in [0.3, 0.4) is 0 Å². The fraction of sp³-hybridized carbons (Fsp3) is 0. The quantitative estimate of drug-likeness (QED) is 0.472. The van der Waals surface area contributed by atoms with Crippen LogP contribution in [0.15, 0.2) is 79.4 Å². The van der Waals surface area contributed by atoms with Crippen molar-refractivity contribution < 1.29 is 0 Å². The second-order valence-corrected chi connectivity index (χ2v) is 7.18. The SMILES string of the molecule is Clc1ccc2nccc(-n3nccc3C3=CC=CN(c4ccnc(Cl)c4)N3)c2c1. The number of hydrogen-bond acceptors (Lipinski definition) is 5. The Morgan fingerprint density at radius 1 is 0.897 bits per heavy atom. The molecule has 4 heterocycles. The Kier molecular flexibility index (Phi) is 4.42. The van der Waals surface area contributed by atoms with Gasteiger partial charge in [0.1, 0.15) is 5.15 Å². The van der Waals surface area contributed by atoms with Crippen molar-refractivity contribution >= 4 is 45.5 Å². The third kappa shape index (κ3) is 3.33. The van der Waals surface area contributed by atoms with Crippen LogP contribution >= 0.6 is 23.2 Å². The van der Waals surface area contributed by atoms with Crippen molar-refractivity contribution in [1.29, 1.82) is 0 Å². The van der Waals surface area contributed by atoms with E-state index in [9.17, 15) is 0 Å². The van der Waals surface area contributed by atoms with Gasteiger partial charge in [-0.25, -0.2) is 9.67 Å². The van der Waals surface area contributed by atoms with E-state index in [2.05, 4.69) is 20.5 Å². The molecule has 8 heteroatoms. The molecule has 4 aromatic rings. The molecule has 0 bridgehead atoms. The third-order valence-electron chi connectivity index (χ3n) is 4.55. The van der Waals surface area contributed by atoms with Crippen molar-refractivity contribution in [1.82, 2.24) is 25.2 Å². The zero-order valence-corrected chi connectivity index (χ0v) is 16.5. The second kappa shape index (κ2) is 7.24. The summed E-state index contributed by atoms with van der Waals surface area (Å²) in [6.07, 6.45) is 11.1. The summed E-state index contributed by atoms with van der Waals surface area (Å²) in [5.74, 6) is 0. The maximum absolute atomic E-state index is 6.23. The summed E-state index contributed by atoms with van der Waals surface area (Å²) < 4.78 is 1.87. The van der Waals surface area contributed by atoms with Crippen molar-refractivity contribution in [3.05, 3.63) is 95.3 Å². The van der Waals surface area contributed by atoms with Crippen LogP contribution in [-0.2, 0) is 0 Å². The molecule has 1 aliphatic rings. The molecule has 29 heavy (non-hydrogen) atoms. The molecule has 0 amide bonds. The molecule has 5 rings (SSSR count). The molecule has 0 fully saturated rings. The topological polar surface area (TPSA) is 58.9 Å². The van der Waals surface area contributed by atoms with Crippen molar-refractivity contribution in [2.24, 2.45) is 0 Å². The van der Waals surface area contributed by atoms with Crippen molar-refractivity contribution in [2.45, 2.75) is 0 Å². The predicted molar refractivity (Wildman–Crippen MR) is 116 cm³/mol. The standard InChI is InChI=1S/C21H14Cl2N6/c22-14-3-4-17-16(12-14)19(6-9-24-17)29-20(7-10-26-29)18-2-1-11-28(27-18)15-5-8-25-21(23)13-15/h1-13,27H. The highest BCUT2D eigenvalue weighted by Crippen LogP contribution is 2.27. The zero-order chi connectivity index (χ0) is 19.8. The molecule has 6 nitrogen and oxygen atoms in total. The zero-order valence-electron chi connectivity index (χ0n) is 15.0. The van der Waals surface area contributed by atoms with Gasteiger partial charge in [0.25, 0.3) is 0 Å². The predicted octanol–water partition coefficient (Wildman–Crippen LogP) is 5.00. The van der Waals surface area contributed by atoms with Gasteiger partial charge in [-0.3, -0.25) is 15.4 Å². The normalized spacial score (nSPS) is 13.4. The maximum Gasteiger partial charge on any atom is 0.131 e. The van der Waals surface area contributed by atoms with Crippen LogP contribution in [0.25, 0.3) is 22.3 Å². The molecule has 1 aliphatic heterocycles. The monoisotopic (exact) mass is 420 g/mol. The van der Waals surface area contributed by atoms with Gasteiger partial charge in [-0.05, 0) is 48.6 Å². The summed E-state index contributed by atoms with van der Waals surface area (Å²) >= 11 is 12.3. The minimum atomic E-state index is 0.430. The summed E-state index contributed by atoms with van der Waals surface area (Å²) in [6, 6.07) is 13.2. The lowest BCUT2D eigenvalue weighted by Gasteiger charge is -2.27. The second-order valence-electron chi connectivity index (χ2n) is 6.36. The highest BCUT2D eigenvalue weighted by Gasteiger charge is 2.17. The van der Waals surface area contributed by atoms with Gasteiger partial charge < -0.3 is 0 Å². The average Bonchev–Trinajstić information content (AvgIpc) is 3.23. The molecule has 0 radical (unpaired) electrons. The average molecular weight is 421 g/mol. The van der Waals surface area contributed by atoms with Crippen molar-refractivity contribution in [2.75, 3.05) is 5.01 Å². The highest BCUT2D eigenvalue weighted by atomic mass is 35.5. The Hall–Kier alpha value is -3.35.